The highest BCUT2D eigenvalue weighted by Gasteiger charge is 2.32. The highest BCUT2D eigenvalue weighted by Crippen LogP contribution is 2.28. The lowest BCUT2D eigenvalue weighted by Crippen LogP contribution is -2.24. The molecule has 6 heteroatoms. The molecule has 0 aliphatic carbocycles. The van der Waals surface area contributed by atoms with Crippen LogP contribution in [-0.2, 0) is 4.79 Å². The zero-order chi connectivity index (χ0) is 14.0. The number of halogens is 3. The third-order valence-corrected chi connectivity index (χ3v) is 2.74. The molecule has 2 rings (SSSR count). The van der Waals surface area contributed by atoms with Gasteiger partial charge < -0.3 is 9.64 Å². The third kappa shape index (κ3) is 3.19. The fourth-order valence-electron chi connectivity index (χ4n) is 1.90. The van der Waals surface area contributed by atoms with E-state index in [1.807, 2.05) is 0 Å². The fraction of sp³-hybridized carbons (Fsp3) is 0.308. The quantitative estimate of drug-likeness (QED) is 0.772. The van der Waals surface area contributed by atoms with Gasteiger partial charge in [-0.05, 0) is 24.3 Å². The van der Waals surface area contributed by atoms with Crippen LogP contribution in [0, 0.1) is 18.3 Å². The van der Waals surface area contributed by atoms with Crippen LogP contribution in [0.4, 0.5) is 18.9 Å². The molecule has 0 saturated carbocycles. The molecular formula is C13H10F3NO2. The minimum atomic E-state index is -4.72. The van der Waals surface area contributed by atoms with Crippen molar-refractivity contribution >= 4 is 11.6 Å². The Balaban J connectivity index is 2.11. The lowest BCUT2D eigenvalue weighted by Gasteiger charge is -2.16. The number of carbonyl (C=O) groups excluding carboxylic acids is 1. The van der Waals surface area contributed by atoms with Crippen LogP contribution in [0.1, 0.15) is 6.42 Å². The van der Waals surface area contributed by atoms with Crippen molar-refractivity contribution in [3.8, 4) is 18.1 Å². The Morgan fingerprint density at radius 1 is 1.32 bits per heavy atom. The number of carbonyl (C=O) groups is 1. The number of nitrogens with zero attached hydrogens (tertiary/aromatic N) is 1. The number of hydrogen-bond donors (Lipinski definition) is 0. The molecule has 1 heterocycles. The number of anilines is 1. The molecule has 1 fully saturated rings. The Kier molecular flexibility index (Phi) is 3.38. The van der Waals surface area contributed by atoms with E-state index in [1.165, 1.54) is 29.2 Å². The molecule has 1 atom stereocenters. The zero-order valence-electron chi connectivity index (χ0n) is 9.78. The summed E-state index contributed by atoms with van der Waals surface area (Å²) in [5.74, 6) is 1.89. The molecule has 0 radical (unpaired) electrons. The second kappa shape index (κ2) is 4.84. The molecule has 0 N–H and O–H groups in total. The summed E-state index contributed by atoms with van der Waals surface area (Å²) in [6.45, 7) is 0.384. The molecule has 1 saturated heterocycles. The molecule has 1 aliphatic heterocycles. The number of benzene rings is 1. The first-order valence-electron chi connectivity index (χ1n) is 5.51. The Labute approximate surface area is 108 Å². The van der Waals surface area contributed by atoms with Gasteiger partial charge in [0, 0.05) is 24.6 Å². The van der Waals surface area contributed by atoms with Gasteiger partial charge in [0.15, 0.2) is 0 Å². The Bertz CT molecular complexity index is 516. The van der Waals surface area contributed by atoms with E-state index in [9.17, 15) is 18.0 Å². The molecular weight excluding hydrogens is 259 g/mol. The van der Waals surface area contributed by atoms with Gasteiger partial charge in [0.25, 0.3) is 0 Å². The summed E-state index contributed by atoms with van der Waals surface area (Å²) >= 11 is 0. The van der Waals surface area contributed by atoms with Gasteiger partial charge >= 0.3 is 6.36 Å². The first kappa shape index (κ1) is 13.3. The normalized spacial score (nSPS) is 19.4. The number of alkyl halides is 3. The van der Waals surface area contributed by atoms with Crippen molar-refractivity contribution in [2.24, 2.45) is 5.92 Å². The summed E-state index contributed by atoms with van der Waals surface area (Å²) < 4.78 is 39.7. The summed E-state index contributed by atoms with van der Waals surface area (Å²) in [7, 11) is 0. The molecule has 1 unspecified atom stereocenters. The van der Waals surface area contributed by atoms with Gasteiger partial charge in [0.05, 0.1) is 0 Å². The third-order valence-electron chi connectivity index (χ3n) is 2.74. The van der Waals surface area contributed by atoms with E-state index in [0.717, 1.165) is 0 Å². The van der Waals surface area contributed by atoms with Gasteiger partial charge in [0.2, 0.25) is 5.91 Å². The van der Waals surface area contributed by atoms with E-state index in [0.29, 0.717) is 12.2 Å². The number of hydrogen-bond acceptors (Lipinski definition) is 2. The topological polar surface area (TPSA) is 29.5 Å². The van der Waals surface area contributed by atoms with Crippen molar-refractivity contribution in [3.05, 3.63) is 24.3 Å². The van der Waals surface area contributed by atoms with Crippen LogP contribution in [0.25, 0.3) is 0 Å². The minimum absolute atomic E-state index is 0.132. The van der Waals surface area contributed by atoms with Gasteiger partial charge in [-0.1, -0.05) is 0 Å². The molecule has 0 spiro atoms. The Morgan fingerprint density at radius 2 is 1.95 bits per heavy atom. The van der Waals surface area contributed by atoms with E-state index in [1.54, 1.807) is 0 Å². The van der Waals surface area contributed by atoms with E-state index in [2.05, 4.69) is 10.7 Å². The van der Waals surface area contributed by atoms with Crippen molar-refractivity contribution in [2.45, 2.75) is 12.8 Å². The first-order chi connectivity index (χ1) is 8.89. The molecule has 1 aromatic carbocycles. The fourth-order valence-corrected chi connectivity index (χ4v) is 1.90. The van der Waals surface area contributed by atoms with E-state index < -0.39 is 6.36 Å². The van der Waals surface area contributed by atoms with Gasteiger partial charge in [-0.15, -0.1) is 25.5 Å². The minimum Gasteiger partial charge on any atom is -0.406 e. The number of terminal acetylenes is 1. The smallest absolute Gasteiger partial charge is 0.406 e. The van der Waals surface area contributed by atoms with Crippen molar-refractivity contribution < 1.29 is 22.7 Å². The number of ether oxygens (including phenoxy) is 1. The van der Waals surface area contributed by atoms with E-state index in [4.69, 9.17) is 6.42 Å². The van der Waals surface area contributed by atoms with Crippen LogP contribution in [0.3, 0.4) is 0 Å². The summed E-state index contributed by atoms with van der Waals surface area (Å²) in [5, 5.41) is 0. The van der Waals surface area contributed by atoms with Crippen molar-refractivity contribution in [1.29, 1.82) is 0 Å². The second-order valence-corrected chi connectivity index (χ2v) is 4.11. The van der Waals surface area contributed by atoms with Crippen molar-refractivity contribution in [2.75, 3.05) is 11.4 Å². The van der Waals surface area contributed by atoms with Gasteiger partial charge in [-0.25, -0.2) is 0 Å². The standard InChI is InChI=1S/C13H10F3NO2/c1-2-9-7-12(18)17(8-9)10-3-5-11(6-4-10)19-13(14,15)16/h1,3-6,9H,7-8H2. The predicted molar refractivity (Wildman–Crippen MR) is 62.4 cm³/mol. The van der Waals surface area contributed by atoms with Crippen LogP contribution in [0.15, 0.2) is 24.3 Å². The summed E-state index contributed by atoms with van der Waals surface area (Å²) in [5.41, 5.74) is 0.511. The van der Waals surface area contributed by atoms with Crippen LogP contribution >= 0.6 is 0 Å². The Morgan fingerprint density at radius 3 is 2.42 bits per heavy atom. The maximum Gasteiger partial charge on any atom is 0.573 e. The average Bonchev–Trinajstić information content (AvgIpc) is 2.70. The number of rotatable bonds is 2. The van der Waals surface area contributed by atoms with Crippen LogP contribution in [0.5, 0.6) is 5.75 Å². The highest BCUT2D eigenvalue weighted by molar-refractivity contribution is 5.96. The maximum absolute atomic E-state index is 12.0. The highest BCUT2D eigenvalue weighted by atomic mass is 19.4. The monoisotopic (exact) mass is 269 g/mol. The molecule has 19 heavy (non-hydrogen) atoms. The molecule has 0 bridgehead atoms. The van der Waals surface area contributed by atoms with E-state index >= 15 is 0 Å². The van der Waals surface area contributed by atoms with Crippen LogP contribution in [0.2, 0.25) is 0 Å². The van der Waals surface area contributed by atoms with Crippen LogP contribution in [-0.4, -0.2) is 18.8 Å². The molecule has 3 nitrogen and oxygen atoms in total. The lowest BCUT2D eigenvalue weighted by molar-refractivity contribution is -0.274. The Hall–Kier alpha value is -2.16. The van der Waals surface area contributed by atoms with Crippen molar-refractivity contribution in [1.82, 2.24) is 0 Å². The SMILES string of the molecule is C#CC1CC(=O)N(c2ccc(OC(F)(F)F)cc2)C1. The summed E-state index contributed by atoms with van der Waals surface area (Å²) in [6, 6.07) is 5.13. The second-order valence-electron chi connectivity index (χ2n) is 4.11. The molecule has 1 amide bonds. The summed E-state index contributed by atoms with van der Waals surface area (Å²) in [4.78, 5) is 13.1. The van der Waals surface area contributed by atoms with Crippen molar-refractivity contribution in [3.63, 3.8) is 0 Å². The summed E-state index contributed by atoms with van der Waals surface area (Å²) in [6.07, 6.45) is 0.794. The van der Waals surface area contributed by atoms with E-state index in [-0.39, 0.29) is 24.0 Å². The molecule has 0 aromatic heterocycles. The zero-order valence-corrected chi connectivity index (χ0v) is 9.78. The largest absolute Gasteiger partial charge is 0.573 e. The number of amides is 1. The molecule has 1 aliphatic rings. The maximum atomic E-state index is 12.0. The van der Waals surface area contributed by atoms with Gasteiger partial charge in [-0.2, -0.15) is 0 Å². The lowest BCUT2D eigenvalue weighted by atomic mass is 10.1. The molecule has 100 valence electrons. The average molecular weight is 269 g/mol. The van der Waals surface area contributed by atoms with Gasteiger partial charge in [0.1, 0.15) is 5.75 Å². The predicted octanol–water partition coefficient (Wildman–Crippen LogP) is 2.57. The first-order valence-corrected chi connectivity index (χ1v) is 5.51. The van der Waals surface area contributed by atoms with Crippen LogP contribution < -0.4 is 9.64 Å². The molecule has 1 aromatic rings. The van der Waals surface area contributed by atoms with Gasteiger partial charge in [-0.3, -0.25) is 4.79 Å².